The highest BCUT2D eigenvalue weighted by molar-refractivity contribution is 7.99. The van der Waals surface area contributed by atoms with Gasteiger partial charge in [0.05, 0.1) is 11.5 Å². The number of carbonyl (C=O) groups excluding carboxylic acids is 1. The van der Waals surface area contributed by atoms with Crippen LogP contribution in [-0.4, -0.2) is 37.1 Å². The Labute approximate surface area is 200 Å². The van der Waals surface area contributed by atoms with Crippen LogP contribution in [-0.2, 0) is 4.79 Å². The molecule has 33 heavy (non-hydrogen) atoms. The summed E-state index contributed by atoms with van der Waals surface area (Å²) in [4.78, 5) is 16.5. The van der Waals surface area contributed by atoms with Crippen LogP contribution < -0.4 is 5.43 Å². The van der Waals surface area contributed by atoms with Gasteiger partial charge in [-0.05, 0) is 44.2 Å². The van der Waals surface area contributed by atoms with Crippen molar-refractivity contribution in [2.24, 2.45) is 5.10 Å². The van der Waals surface area contributed by atoms with E-state index in [0.717, 1.165) is 22.4 Å². The number of thioether (sulfide) groups is 1. The molecule has 7 nitrogen and oxygen atoms in total. The summed E-state index contributed by atoms with van der Waals surface area (Å²) >= 11 is 7.36. The highest BCUT2D eigenvalue weighted by Gasteiger charge is 2.17. The number of hydrazone groups is 1. The van der Waals surface area contributed by atoms with Gasteiger partial charge in [-0.2, -0.15) is 5.10 Å². The maximum absolute atomic E-state index is 12.4. The van der Waals surface area contributed by atoms with Crippen LogP contribution in [0.4, 0.5) is 0 Å². The minimum absolute atomic E-state index is 0.128. The molecule has 0 atom stereocenters. The third-order valence-electron chi connectivity index (χ3n) is 4.79. The smallest absolute Gasteiger partial charge is 0.250 e. The summed E-state index contributed by atoms with van der Waals surface area (Å²) in [6, 6.07) is 19.2. The van der Waals surface area contributed by atoms with Gasteiger partial charge < -0.3 is 0 Å². The molecule has 0 aliphatic rings. The average Bonchev–Trinajstić information content (AvgIpc) is 3.26. The van der Waals surface area contributed by atoms with Gasteiger partial charge in [-0.25, -0.2) is 5.43 Å². The Kier molecular flexibility index (Phi) is 7.16. The quantitative estimate of drug-likeness (QED) is 0.232. The topological polar surface area (TPSA) is 85.1 Å². The highest BCUT2D eigenvalue weighted by Crippen LogP contribution is 2.28. The second kappa shape index (κ2) is 10.4. The van der Waals surface area contributed by atoms with Crippen molar-refractivity contribution >= 4 is 35.0 Å². The van der Waals surface area contributed by atoms with Gasteiger partial charge in [0.25, 0.3) is 5.91 Å². The average molecular weight is 477 g/mol. The second-order valence-corrected chi connectivity index (χ2v) is 8.63. The molecule has 0 aliphatic carbocycles. The normalized spacial score (nSPS) is 11.4. The van der Waals surface area contributed by atoms with Crippen molar-refractivity contribution in [2.75, 3.05) is 5.75 Å². The summed E-state index contributed by atoms with van der Waals surface area (Å²) in [5.74, 6) is 0.570. The first kappa shape index (κ1) is 22.7. The first-order chi connectivity index (χ1) is 16.0. The van der Waals surface area contributed by atoms with E-state index < -0.39 is 0 Å². The molecule has 2 aromatic carbocycles. The van der Waals surface area contributed by atoms with E-state index in [2.05, 4.69) is 25.7 Å². The van der Waals surface area contributed by atoms with Crippen LogP contribution in [0.5, 0.6) is 0 Å². The standard InChI is InChI=1S/C24H21ClN6OS/c1-16-5-7-18(8-6-16)23-29-30-24(31(23)21-11-9-20(25)10-12-21)33-15-22(32)28-27-17(2)19-4-3-13-26-14-19/h3-14H,15H2,1-2H3,(H,28,32). The maximum atomic E-state index is 12.4. The fourth-order valence-corrected chi connectivity index (χ4v) is 3.90. The molecular formula is C24H21ClN6OS. The lowest BCUT2D eigenvalue weighted by atomic mass is 10.1. The van der Waals surface area contributed by atoms with E-state index in [1.165, 1.54) is 11.8 Å². The molecule has 0 aliphatic heterocycles. The van der Waals surface area contributed by atoms with Crippen molar-refractivity contribution in [1.82, 2.24) is 25.2 Å². The van der Waals surface area contributed by atoms with Crippen LogP contribution in [0.1, 0.15) is 18.1 Å². The van der Waals surface area contributed by atoms with Gasteiger partial charge in [0, 0.05) is 34.2 Å². The van der Waals surface area contributed by atoms with E-state index >= 15 is 0 Å². The molecule has 2 aromatic heterocycles. The molecule has 0 unspecified atom stereocenters. The van der Waals surface area contributed by atoms with Crippen LogP contribution in [0.15, 0.2) is 83.3 Å². The summed E-state index contributed by atoms with van der Waals surface area (Å²) in [6.07, 6.45) is 3.38. The second-order valence-electron chi connectivity index (χ2n) is 7.25. The number of nitrogens with zero attached hydrogens (tertiary/aromatic N) is 5. The van der Waals surface area contributed by atoms with Crippen LogP contribution >= 0.6 is 23.4 Å². The van der Waals surface area contributed by atoms with Gasteiger partial charge in [-0.15, -0.1) is 10.2 Å². The number of hydrogen-bond donors (Lipinski definition) is 1. The van der Waals surface area contributed by atoms with Crippen LogP contribution in [0, 0.1) is 6.92 Å². The number of benzene rings is 2. The van der Waals surface area contributed by atoms with Gasteiger partial charge >= 0.3 is 0 Å². The van der Waals surface area contributed by atoms with Crippen molar-refractivity contribution in [3.05, 3.63) is 89.2 Å². The van der Waals surface area contributed by atoms with Gasteiger partial charge in [0.15, 0.2) is 11.0 Å². The zero-order chi connectivity index (χ0) is 23.2. The van der Waals surface area contributed by atoms with Gasteiger partial charge in [0.1, 0.15) is 0 Å². The minimum Gasteiger partial charge on any atom is -0.272 e. The van der Waals surface area contributed by atoms with Gasteiger partial charge in [-0.3, -0.25) is 14.3 Å². The first-order valence-electron chi connectivity index (χ1n) is 10.2. The van der Waals surface area contributed by atoms with Crippen molar-refractivity contribution in [2.45, 2.75) is 19.0 Å². The third kappa shape index (κ3) is 5.66. The monoisotopic (exact) mass is 476 g/mol. The lowest BCUT2D eigenvalue weighted by Gasteiger charge is -2.10. The fraction of sp³-hybridized carbons (Fsp3) is 0.125. The summed E-state index contributed by atoms with van der Waals surface area (Å²) < 4.78 is 1.92. The van der Waals surface area contributed by atoms with Gasteiger partial charge in [-0.1, -0.05) is 59.3 Å². The molecular weight excluding hydrogens is 456 g/mol. The number of aromatic nitrogens is 4. The molecule has 4 aromatic rings. The Bertz CT molecular complexity index is 1270. The molecule has 9 heteroatoms. The predicted octanol–water partition coefficient (Wildman–Crippen LogP) is 4.92. The SMILES string of the molecule is CC(=NNC(=O)CSc1nnc(-c2ccc(C)cc2)n1-c1ccc(Cl)cc1)c1cccnc1. The number of hydrogen-bond acceptors (Lipinski definition) is 6. The van der Waals surface area contributed by atoms with Crippen LogP contribution in [0.2, 0.25) is 5.02 Å². The summed E-state index contributed by atoms with van der Waals surface area (Å²) in [5, 5.41) is 14.1. The van der Waals surface area contributed by atoms with Gasteiger partial charge in [0.2, 0.25) is 0 Å². The molecule has 4 rings (SSSR count). The van der Waals surface area contributed by atoms with Crippen LogP contribution in [0.25, 0.3) is 17.1 Å². The first-order valence-corrected chi connectivity index (χ1v) is 11.5. The highest BCUT2D eigenvalue weighted by atomic mass is 35.5. The minimum atomic E-state index is -0.245. The number of carbonyl (C=O) groups is 1. The van der Waals surface area contributed by atoms with E-state index in [4.69, 9.17) is 11.6 Å². The van der Waals surface area contributed by atoms with E-state index in [1.807, 2.05) is 79.1 Å². The number of aryl methyl sites for hydroxylation is 1. The Morgan fingerprint density at radius 2 is 1.85 bits per heavy atom. The molecule has 0 saturated carbocycles. The largest absolute Gasteiger partial charge is 0.272 e. The number of pyridine rings is 1. The predicted molar refractivity (Wildman–Crippen MR) is 132 cm³/mol. The Hall–Kier alpha value is -3.49. The zero-order valence-electron chi connectivity index (χ0n) is 18.1. The molecule has 2 heterocycles. The number of amides is 1. The Balaban J connectivity index is 1.54. The summed E-state index contributed by atoms with van der Waals surface area (Å²) in [5.41, 5.74) is 7.04. The van der Waals surface area contributed by atoms with E-state index in [-0.39, 0.29) is 11.7 Å². The van der Waals surface area contributed by atoms with E-state index in [9.17, 15) is 4.79 Å². The molecule has 0 spiro atoms. The van der Waals surface area contributed by atoms with Crippen LogP contribution in [0.3, 0.4) is 0 Å². The summed E-state index contributed by atoms with van der Waals surface area (Å²) in [7, 11) is 0. The van der Waals surface area contributed by atoms with Crippen molar-refractivity contribution in [3.8, 4) is 17.1 Å². The molecule has 0 fully saturated rings. The fourth-order valence-electron chi connectivity index (χ4n) is 3.03. The lowest BCUT2D eigenvalue weighted by Crippen LogP contribution is -2.21. The molecule has 1 N–H and O–H groups in total. The van der Waals surface area contributed by atoms with Crippen molar-refractivity contribution in [1.29, 1.82) is 0 Å². The zero-order valence-corrected chi connectivity index (χ0v) is 19.6. The summed E-state index contributed by atoms with van der Waals surface area (Å²) in [6.45, 7) is 3.85. The lowest BCUT2D eigenvalue weighted by molar-refractivity contribution is -0.118. The van der Waals surface area contributed by atoms with E-state index in [1.54, 1.807) is 12.4 Å². The maximum Gasteiger partial charge on any atom is 0.250 e. The number of rotatable bonds is 7. The number of halogens is 1. The Morgan fingerprint density at radius 3 is 2.55 bits per heavy atom. The van der Waals surface area contributed by atoms with Crippen molar-refractivity contribution < 1.29 is 4.79 Å². The molecule has 0 bridgehead atoms. The molecule has 1 amide bonds. The molecule has 0 radical (unpaired) electrons. The van der Waals surface area contributed by atoms with Crippen molar-refractivity contribution in [3.63, 3.8) is 0 Å². The Morgan fingerprint density at radius 1 is 1.09 bits per heavy atom. The molecule has 0 saturated heterocycles. The van der Waals surface area contributed by atoms with E-state index in [0.29, 0.717) is 21.7 Å². The number of nitrogens with one attached hydrogen (secondary N) is 1. The molecule has 166 valence electrons. The third-order valence-corrected chi connectivity index (χ3v) is 5.97.